The average molecular weight is 388 g/mol. The second-order valence-electron chi connectivity index (χ2n) is 4.35. The quantitative estimate of drug-likeness (QED) is 0.235. The van der Waals surface area contributed by atoms with Crippen molar-refractivity contribution in [3.05, 3.63) is 46.4 Å². The predicted molar refractivity (Wildman–Crippen MR) is 97.4 cm³/mol. The highest BCUT2D eigenvalue weighted by molar-refractivity contribution is 6.65. The fraction of sp³-hybridized carbons (Fsp3) is 0.133. The molecule has 0 heterocycles. The minimum atomic E-state index is -0.126. The van der Waals surface area contributed by atoms with Crippen LogP contribution in [0.4, 0.5) is 11.4 Å². The summed E-state index contributed by atoms with van der Waals surface area (Å²) in [6.07, 6.45) is 0. The van der Waals surface area contributed by atoms with Gasteiger partial charge in [0.2, 0.25) is 0 Å². The van der Waals surface area contributed by atoms with Gasteiger partial charge >= 0.3 is 0 Å². The van der Waals surface area contributed by atoms with E-state index in [1.54, 1.807) is 36.4 Å². The van der Waals surface area contributed by atoms with Gasteiger partial charge < -0.3 is 9.47 Å². The van der Waals surface area contributed by atoms with Gasteiger partial charge in [-0.25, -0.2) is 0 Å². The maximum Gasteiger partial charge on any atom is 0.260 e. The number of nitrogens with zero attached hydrogens (tertiary/aromatic N) is 3. The highest BCUT2D eigenvalue weighted by atomic mass is 35.5. The fourth-order valence-corrected chi connectivity index (χ4v) is 2.15. The van der Waals surface area contributed by atoms with Gasteiger partial charge in [-0.3, -0.25) is 5.43 Å². The molecule has 24 heavy (non-hydrogen) atoms. The van der Waals surface area contributed by atoms with Crippen molar-refractivity contribution in [1.82, 2.24) is 0 Å². The minimum Gasteiger partial charge on any atom is -0.495 e. The minimum absolute atomic E-state index is 0.126. The Morgan fingerprint density at radius 3 is 2.25 bits per heavy atom. The molecular weight excluding hydrogens is 375 g/mol. The van der Waals surface area contributed by atoms with Crippen LogP contribution in [0.2, 0.25) is 10.0 Å². The monoisotopic (exact) mass is 386 g/mol. The van der Waals surface area contributed by atoms with Crippen molar-refractivity contribution >= 4 is 51.5 Å². The van der Waals surface area contributed by atoms with Crippen LogP contribution in [-0.2, 0) is 0 Å². The molecule has 0 saturated carbocycles. The van der Waals surface area contributed by atoms with Crippen molar-refractivity contribution in [2.75, 3.05) is 19.6 Å². The van der Waals surface area contributed by atoms with Crippen LogP contribution in [-0.4, -0.2) is 19.5 Å². The molecule has 0 radical (unpaired) electrons. The zero-order valence-corrected chi connectivity index (χ0v) is 15.0. The van der Waals surface area contributed by atoms with Crippen LogP contribution >= 0.6 is 34.8 Å². The van der Waals surface area contributed by atoms with Crippen molar-refractivity contribution in [2.24, 2.45) is 15.3 Å². The number of azo groups is 1. The van der Waals surface area contributed by atoms with E-state index in [4.69, 9.17) is 44.3 Å². The van der Waals surface area contributed by atoms with E-state index in [-0.39, 0.29) is 5.29 Å². The molecule has 2 aromatic rings. The van der Waals surface area contributed by atoms with Crippen LogP contribution < -0.4 is 14.9 Å². The van der Waals surface area contributed by atoms with Gasteiger partial charge in [0.25, 0.3) is 5.29 Å². The number of benzene rings is 2. The molecule has 2 rings (SSSR count). The molecule has 0 aromatic heterocycles. The smallest absolute Gasteiger partial charge is 0.260 e. The first-order valence-electron chi connectivity index (χ1n) is 6.61. The van der Waals surface area contributed by atoms with E-state index < -0.39 is 0 Å². The summed E-state index contributed by atoms with van der Waals surface area (Å²) in [5, 5.41) is 12.6. The molecule has 0 saturated heterocycles. The lowest BCUT2D eigenvalue weighted by molar-refractivity contribution is 0.416. The van der Waals surface area contributed by atoms with Crippen LogP contribution in [0.15, 0.2) is 51.7 Å². The second-order valence-corrected chi connectivity index (χ2v) is 5.56. The van der Waals surface area contributed by atoms with Crippen molar-refractivity contribution in [1.29, 1.82) is 0 Å². The molecule has 0 amide bonds. The van der Waals surface area contributed by atoms with Gasteiger partial charge in [0.15, 0.2) is 0 Å². The lowest BCUT2D eigenvalue weighted by Gasteiger charge is -2.07. The summed E-state index contributed by atoms with van der Waals surface area (Å²) in [6, 6.07) is 10.0. The van der Waals surface area contributed by atoms with E-state index >= 15 is 0 Å². The van der Waals surface area contributed by atoms with Crippen molar-refractivity contribution in [3.8, 4) is 11.5 Å². The normalized spacial score (nSPS) is 11.6. The number of nitrogens with one attached hydrogen (secondary N) is 1. The summed E-state index contributed by atoms with van der Waals surface area (Å²) in [4.78, 5) is 0. The molecule has 0 spiro atoms. The first-order chi connectivity index (χ1) is 11.5. The lowest BCUT2D eigenvalue weighted by atomic mass is 10.3. The Bertz CT molecular complexity index is 781. The number of amidine groups is 1. The third-order valence-electron chi connectivity index (χ3n) is 2.81. The molecule has 0 aliphatic rings. The van der Waals surface area contributed by atoms with E-state index in [2.05, 4.69) is 20.8 Å². The van der Waals surface area contributed by atoms with Gasteiger partial charge in [-0.05, 0) is 48.0 Å². The molecule has 0 aliphatic heterocycles. The lowest BCUT2D eigenvalue weighted by Crippen LogP contribution is -1.95. The summed E-state index contributed by atoms with van der Waals surface area (Å²) in [7, 11) is 3.05. The van der Waals surface area contributed by atoms with Crippen LogP contribution in [0.25, 0.3) is 0 Å². The molecular formula is C15H13Cl3N4O2. The third kappa shape index (κ3) is 4.99. The third-order valence-corrected chi connectivity index (χ3v) is 3.44. The van der Waals surface area contributed by atoms with Gasteiger partial charge in [-0.15, -0.1) is 15.3 Å². The average Bonchev–Trinajstić information content (AvgIpc) is 2.58. The molecule has 2 aromatic carbocycles. The van der Waals surface area contributed by atoms with E-state index in [0.717, 1.165) is 0 Å². The van der Waals surface area contributed by atoms with E-state index in [1.807, 2.05) is 0 Å². The molecule has 6 nitrogen and oxygen atoms in total. The first-order valence-corrected chi connectivity index (χ1v) is 7.75. The van der Waals surface area contributed by atoms with E-state index in [1.165, 1.54) is 14.2 Å². The molecule has 0 bridgehead atoms. The maximum atomic E-state index is 5.93. The van der Waals surface area contributed by atoms with E-state index in [0.29, 0.717) is 32.9 Å². The van der Waals surface area contributed by atoms with Crippen molar-refractivity contribution in [3.63, 3.8) is 0 Å². The number of halogens is 3. The number of hydrogen-bond donors (Lipinski definition) is 1. The number of ether oxygens (including phenoxy) is 2. The van der Waals surface area contributed by atoms with Crippen LogP contribution in [0.3, 0.4) is 0 Å². The molecule has 126 valence electrons. The Morgan fingerprint density at radius 1 is 0.958 bits per heavy atom. The Morgan fingerprint density at radius 2 is 1.58 bits per heavy atom. The predicted octanol–water partition coefficient (Wildman–Crippen LogP) is 5.72. The van der Waals surface area contributed by atoms with Gasteiger partial charge in [-0.1, -0.05) is 23.2 Å². The highest BCUT2D eigenvalue weighted by Crippen LogP contribution is 2.31. The van der Waals surface area contributed by atoms with Gasteiger partial charge in [0.1, 0.15) is 17.2 Å². The summed E-state index contributed by atoms with van der Waals surface area (Å²) in [6.45, 7) is 0. The Balaban J connectivity index is 2.15. The largest absolute Gasteiger partial charge is 0.495 e. The number of rotatable bonds is 5. The van der Waals surface area contributed by atoms with Crippen molar-refractivity contribution < 1.29 is 9.47 Å². The molecule has 0 unspecified atom stereocenters. The highest BCUT2D eigenvalue weighted by Gasteiger charge is 2.05. The molecule has 1 N–H and O–H groups in total. The SMILES string of the molecule is COc1ccc(Cl)cc1N=NC(Cl)=NNc1cc(Cl)ccc1OC. The summed E-state index contributed by atoms with van der Waals surface area (Å²) >= 11 is 17.8. The zero-order chi connectivity index (χ0) is 17.5. The molecule has 0 fully saturated rings. The number of hydrogen-bond acceptors (Lipinski definition) is 5. The maximum absolute atomic E-state index is 5.93. The van der Waals surface area contributed by atoms with Gasteiger partial charge in [0, 0.05) is 10.0 Å². The molecule has 0 atom stereocenters. The molecule has 9 heteroatoms. The summed E-state index contributed by atoms with van der Waals surface area (Å²) < 4.78 is 10.3. The molecule has 0 aliphatic carbocycles. The van der Waals surface area contributed by atoms with Gasteiger partial charge in [-0.2, -0.15) is 0 Å². The summed E-state index contributed by atoms with van der Waals surface area (Å²) in [5.41, 5.74) is 3.69. The number of methoxy groups -OCH3 is 2. The Hall–Kier alpha value is -2.02. The Labute approximate surface area is 154 Å². The van der Waals surface area contributed by atoms with Gasteiger partial charge in [0.05, 0.1) is 19.9 Å². The second kappa shape index (κ2) is 8.73. The number of anilines is 1. The summed E-state index contributed by atoms with van der Waals surface area (Å²) in [5.74, 6) is 1.07. The van der Waals surface area contributed by atoms with E-state index in [9.17, 15) is 0 Å². The van der Waals surface area contributed by atoms with Crippen LogP contribution in [0, 0.1) is 0 Å². The zero-order valence-electron chi connectivity index (χ0n) is 12.8. The standard InChI is InChI=1S/C15H13Cl3N4O2/c1-23-13-5-3-9(16)7-11(13)19-21-15(18)22-20-12-8-10(17)4-6-14(12)24-2/h3-8,19H,1-2H3. The first kappa shape index (κ1) is 18.3. The van der Waals surface area contributed by atoms with Crippen molar-refractivity contribution in [2.45, 2.75) is 0 Å². The Kier molecular flexibility index (Phi) is 6.66. The fourth-order valence-electron chi connectivity index (χ4n) is 1.73. The van der Waals surface area contributed by atoms with Crippen LogP contribution in [0.5, 0.6) is 11.5 Å². The number of hydrazone groups is 1. The van der Waals surface area contributed by atoms with Crippen LogP contribution in [0.1, 0.15) is 0 Å². The topological polar surface area (TPSA) is 67.6 Å².